The average Bonchev–Trinajstić information content (AvgIpc) is 3.08. The van der Waals surface area contributed by atoms with Crippen LogP contribution in [0.25, 0.3) is 0 Å². The van der Waals surface area contributed by atoms with E-state index < -0.39 is 0 Å². The van der Waals surface area contributed by atoms with Gasteiger partial charge in [0, 0.05) is 46.3 Å². The highest BCUT2D eigenvalue weighted by molar-refractivity contribution is 14.0. The molecule has 0 amide bonds. The lowest BCUT2D eigenvalue weighted by molar-refractivity contribution is 0.0887. The van der Waals surface area contributed by atoms with Gasteiger partial charge < -0.3 is 19.7 Å². The standard InChI is InChI=1S/C18H29N3O2.HI/c1-19-18(21(2)13-16-7-4-3-5-8-16)20-10-6-11-22-14-17-9-12-23-15-17;/h3-5,7-8,17H,6,9-15H2,1-2H3,(H,19,20);1H. The molecule has 0 bridgehead atoms. The first-order valence-corrected chi connectivity index (χ1v) is 8.41. The van der Waals surface area contributed by atoms with Crippen LogP contribution in [-0.4, -0.2) is 57.9 Å². The Balaban J connectivity index is 0.00000288. The normalized spacial score (nSPS) is 17.4. The molecule has 5 nitrogen and oxygen atoms in total. The molecule has 0 aromatic heterocycles. The van der Waals surface area contributed by atoms with Crippen molar-refractivity contribution >= 4 is 29.9 Å². The summed E-state index contributed by atoms with van der Waals surface area (Å²) in [5.41, 5.74) is 1.28. The van der Waals surface area contributed by atoms with Crippen molar-refractivity contribution in [1.82, 2.24) is 10.2 Å². The Labute approximate surface area is 162 Å². The highest BCUT2D eigenvalue weighted by Crippen LogP contribution is 2.12. The summed E-state index contributed by atoms with van der Waals surface area (Å²) in [5, 5.41) is 3.39. The molecule has 0 radical (unpaired) electrons. The SMILES string of the molecule is CN=C(NCCCOCC1CCOC1)N(C)Cc1ccccc1.I. The van der Waals surface area contributed by atoms with Crippen LogP contribution < -0.4 is 5.32 Å². The molecule has 1 aromatic rings. The van der Waals surface area contributed by atoms with Gasteiger partial charge in [-0.15, -0.1) is 24.0 Å². The third-order valence-corrected chi connectivity index (χ3v) is 3.96. The molecule has 1 unspecified atom stereocenters. The summed E-state index contributed by atoms with van der Waals surface area (Å²) in [5.74, 6) is 1.51. The van der Waals surface area contributed by atoms with E-state index >= 15 is 0 Å². The smallest absolute Gasteiger partial charge is 0.193 e. The Morgan fingerprint density at radius 2 is 2.17 bits per heavy atom. The first-order valence-electron chi connectivity index (χ1n) is 8.41. The van der Waals surface area contributed by atoms with E-state index in [0.717, 1.165) is 58.3 Å². The molecule has 0 spiro atoms. The average molecular weight is 447 g/mol. The molecule has 6 heteroatoms. The molecule has 1 aliphatic heterocycles. The molecule has 0 saturated carbocycles. The van der Waals surface area contributed by atoms with Gasteiger partial charge in [0.05, 0.1) is 13.2 Å². The zero-order valence-electron chi connectivity index (χ0n) is 14.7. The third kappa shape index (κ3) is 7.81. The summed E-state index contributed by atoms with van der Waals surface area (Å²) in [7, 11) is 3.87. The zero-order chi connectivity index (χ0) is 16.3. The lowest BCUT2D eigenvalue weighted by Crippen LogP contribution is -2.39. The van der Waals surface area contributed by atoms with E-state index in [0.29, 0.717) is 5.92 Å². The summed E-state index contributed by atoms with van der Waals surface area (Å²) in [6, 6.07) is 10.4. The van der Waals surface area contributed by atoms with Gasteiger partial charge in [-0.3, -0.25) is 4.99 Å². The van der Waals surface area contributed by atoms with Gasteiger partial charge in [-0.05, 0) is 18.4 Å². The Morgan fingerprint density at radius 1 is 1.38 bits per heavy atom. The largest absolute Gasteiger partial charge is 0.381 e. The van der Waals surface area contributed by atoms with E-state index in [4.69, 9.17) is 9.47 Å². The van der Waals surface area contributed by atoms with Crippen LogP contribution in [0.1, 0.15) is 18.4 Å². The molecule has 2 rings (SSSR count). The molecular formula is C18H30IN3O2. The number of aliphatic imine (C=N–C) groups is 1. The first-order chi connectivity index (χ1) is 11.3. The Kier molecular flexibility index (Phi) is 11.0. The number of ether oxygens (including phenoxy) is 2. The molecule has 24 heavy (non-hydrogen) atoms. The van der Waals surface area contributed by atoms with Gasteiger partial charge in [0.15, 0.2) is 5.96 Å². The predicted molar refractivity (Wildman–Crippen MR) is 109 cm³/mol. The maximum absolute atomic E-state index is 5.72. The lowest BCUT2D eigenvalue weighted by atomic mass is 10.1. The van der Waals surface area contributed by atoms with Crippen LogP contribution in [0.15, 0.2) is 35.3 Å². The van der Waals surface area contributed by atoms with Gasteiger partial charge in [-0.1, -0.05) is 30.3 Å². The highest BCUT2D eigenvalue weighted by atomic mass is 127. The van der Waals surface area contributed by atoms with Crippen molar-refractivity contribution in [1.29, 1.82) is 0 Å². The maximum atomic E-state index is 5.72. The van der Waals surface area contributed by atoms with E-state index in [1.54, 1.807) is 0 Å². The zero-order valence-corrected chi connectivity index (χ0v) is 17.1. The molecule has 1 heterocycles. The van der Waals surface area contributed by atoms with Crippen LogP contribution in [-0.2, 0) is 16.0 Å². The predicted octanol–water partition coefficient (Wildman–Crippen LogP) is 2.76. The molecule has 1 fully saturated rings. The van der Waals surface area contributed by atoms with Crippen molar-refractivity contribution in [2.45, 2.75) is 19.4 Å². The van der Waals surface area contributed by atoms with Gasteiger partial charge in [0.1, 0.15) is 0 Å². The van der Waals surface area contributed by atoms with Crippen molar-refractivity contribution in [3.63, 3.8) is 0 Å². The molecule has 1 aliphatic rings. The van der Waals surface area contributed by atoms with Crippen LogP contribution in [0.5, 0.6) is 0 Å². The number of hydrogen-bond donors (Lipinski definition) is 1. The number of halogens is 1. The third-order valence-electron chi connectivity index (χ3n) is 3.96. The monoisotopic (exact) mass is 447 g/mol. The van der Waals surface area contributed by atoms with Crippen molar-refractivity contribution in [2.24, 2.45) is 10.9 Å². The minimum absolute atomic E-state index is 0. The fraction of sp³-hybridized carbons (Fsp3) is 0.611. The fourth-order valence-electron chi connectivity index (χ4n) is 2.66. The Hall–Kier alpha value is -0.860. The fourth-order valence-corrected chi connectivity index (χ4v) is 2.66. The summed E-state index contributed by atoms with van der Waals surface area (Å²) in [4.78, 5) is 6.47. The van der Waals surface area contributed by atoms with Gasteiger partial charge in [0.2, 0.25) is 0 Å². The molecule has 136 valence electrons. The Morgan fingerprint density at radius 3 is 2.83 bits per heavy atom. The highest BCUT2D eigenvalue weighted by Gasteiger charge is 2.15. The molecule has 0 aliphatic carbocycles. The summed E-state index contributed by atoms with van der Waals surface area (Å²) >= 11 is 0. The number of nitrogens with one attached hydrogen (secondary N) is 1. The van der Waals surface area contributed by atoms with Crippen LogP contribution in [0, 0.1) is 5.92 Å². The van der Waals surface area contributed by atoms with Gasteiger partial charge in [-0.2, -0.15) is 0 Å². The minimum atomic E-state index is 0. The topological polar surface area (TPSA) is 46.1 Å². The van der Waals surface area contributed by atoms with Crippen molar-refractivity contribution in [2.75, 3.05) is 47.1 Å². The van der Waals surface area contributed by atoms with E-state index in [1.807, 2.05) is 13.1 Å². The molecular weight excluding hydrogens is 417 g/mol. The van der Waals surface area contributed by atoms with Crippen LogP contribution >= 0.6 is 24.0 Å². The van der Waals surface area contributed by atoms with Crippen LogP contribution in [0.3, 0.4) is 0 Å². The molecule has 1 saturated heterocycles. The molecule has 1 atom stereocenters. The van der Waals surface area contributed by atoms with Crippen LogP contribution in [0.2, 0.25) is 0 Å². The van der Waals surface area contributed by atoms with Crippen molar-refractivity contribution < 1.29 is 9.47 Å². The lowest BCUT2D eigenvalue weighted by Gasteiger charge is -2.22. The van der Waals surface area contributed by atoms with E-state index in [-0.39, 0.29) is 24.0 Å². The van der Waals surface area contributed by atoms with E-state index in [1.165, 1.54) is 5.56 Å². The van der Waals surface area contributed by atoms with Gasteiger partial charge in [0.25, 0.3) is 0 Å². The quantitative estimate of drug-likeness (QED) is 0.288. The second-order valence-electron chi connectivity index (χ2n) is 5.97. The number of guanidine groups is 1. The first kappa shape index (κ1) is 21.2. The molecule has 1 N–H and O–H groups in total. The van der Waals surface area contributed by atoms with Gasteiger partial charge in [-0.25, -0.2) is 0 Å². The number of hydrogen-bond acceptors (Lipinski definition) is 3. The van der Waals surface area contributed by atoms with Crippen LogP contribution in [0.4, 0.5) is 0 Å². The summed E-state index contributed by atoms with van der Waals surface area (Å²) in [6.07, 6.45) is 2.11. The summed E-state index contributed by atoms with van der Waals surface area (Å²) < 4.78 is 11.1. The summed E-state index contributed by atoms with van der Waals surface area (Å²) in [6.45, 7) is 5.06. The van der Waals surface area contributed by atoms with Crippen molar-refractivity contribution in [3.8, 4) is 0 Å². The minimum Gasteiger partial charge on any atom is -0.381 e. The number of benzene rings is 1. The van der Waals surface area contributed by atoms with Gasteiger partial charge >= 0.3 is 0 Å². The number of rotatable bonds is 8. The van der Waals surface area contributed by atoms with E-state index in [2.05, 4.69) is 46.5 Å². The Bertz CT molecular complexity index is 465. The van der Waals surface area contributed by atoms with Crippen molar-refractivity contribution in [3.05, 3.63) is 35.9 Å². The second kappa shape index (κ2) is 12.5. The second-order valence-corrected chi connectivity index (χ2v) is 5.97. The maximum Gasteiger partial charge on any atom is 0.193 e. The molecule has 1 aromatic carbocycles. The number of nitrogens with zero attached hydrogens (tertiary/aromatic N) is 2. The van der Waals surface area contributed by atoms with E-state index in [9.17, 15) is 0 Å².